The van der Waals surface area contributed by atoms with Crippen molar-refractivity contribution in [2.45, 2.75) is 13.5 Å². The van der Waals surface area contributed by atoms with Gasteiger partial charge in [-0.25, -0.2) is 0 Å². The molecule has 0 fully saturated rings. The fourth-order valence-electron chi connectivity index (χ4n) is 1.54. The van der Waals surface area contributed by atoms with Gasteiger partial charge in [0.15, 0.2) is 0 Å². The van der Waals surface area contributed by atoms with Crippen LogP contribution in [-0.2, 0) is 11.3 Å². The van der Waals surface area contributed by atoms with Gasteiger partial charge in [0, 0.05) is 13.1 Å². The number of rotatable bonds is 9. The summed E-state index contributed by atoms with van der Waals surface area (Å²) >= 11 is 7.01. The molecule has 0 aliphatic carbocycles. The van der Waals surface area contributed by atoms with E-state index in [1.54, 1.807) is 0 Å². The number of aliphatic hydroxyl groups excluding tert-OH is 1. The quantitative estimate of drug-likeness (QED) is 0.588. The normalized spacial score (nSPS) is 10.2. The van der Waals surface area contributed by atoms with Gasteiger partial charge in [0.25, 0.3) is 0 Å². The highest BCUT2D eigenvalue weighted by molar-refractivity contribution is 9.11. The largest absolute Gasteiger partial charge is 0.492 e. The lowest BCUT2D eigenvalue weighted by molar-refractivity contribution is 0.0938. The molecule has 0 bridgehead atoms. The summed E-state index contributed by atoms with van der Waals surface area (Å²) in [5.74, 6) is 0.831. The maximum Gasteiger partial charge on any atom is 0.147 e. The molecule has 0 aliphatic heterocycles. The van der Waals surface area contributed by atoms with Crippen molar-refractivity contribution in [2.24, 2.45) is 0 Å². The van der Waals surface area contributed by atoms with Crippen LogP contribution in [0.3, 0.4) is 0 Å². The lowest BCUT2D eigenvalue weighted by Gasteiger charge is -2.11. The molecule has 0 saturated carbocycles. The summed E-state index contributed by atoms with van der Waals surface area (Å²) < 4.78 is 12.6. The lowest BCUT2D eigenvalue weighted by atomic mass is 10.2. The van der Waals surface area contributed by atoms with Crippen LogP contribution in [0, 0.1) is 0 Å². The lowest BCUT2D eigenvalue weighted by Crippen LogP contribution is -2.20. The van der Waals surface area contributed by atoms with Gasteiger partial charge in [-0.3, -0.25) is 0 Å². The minimum atomic E-state index is 0. The van der Waals surface area contributed by atoms with E-state index >= 15 is 0 Å². The van der Waals surface area contributed by atoms with Crippen molar-refractivity contribution in [1.82, 2.24) is 5.32 Å². The number of hydrogen-bond donors (Lipinski definition) is 2. The zero-order chi connectivity index (χ0) is 14.1. The fourth-order valence-corrected chi connectivity index (χ4v) is 3.05. The highest BCUT2D eigenvalue weighted by atomic mass is 79.9. The van der Waals surface area contributed by atoms with Crippen LogP contribution in [0.1, 0.15) is 12.5 Å². The van der Waals surface area contributed by atoms with Crippen molar-refractivity contribution < 1.29 is 14.6 Å². The van der Waals surface area contributed by atoms with Gasteiger partial charge < -0.3 is 19.9 Å². The minimum Gasteiger partial charge on any atom is -0.492 e. The van der Waals surface area contributed by atoms with Crippen LogP contribution >= 0.6 is 44.3 Å². The van der Waals surface area contributed by atoms with E-state index in [2.05, 4.69) is 37.2 Å². The highest BCUT2D eigenvalue weighted by Crippen LogP contribution is 2.34. The average molecular weight is 434 g/mol. The van der Waals surface area contributed by atoms with Crippen LogP contribution < -0.4 is 10.1 Å². The molecule has 2 N–H and O–H groups in total. The Hall–Kier alpha value is 0.150. The first kappa shape index (κ1) is 20.1. The van der Waals surface area contributed by atoms with Crippen LogP contribution in [-0.4, -0.2) is 38.1 Å². The maximum absolute atomic E-state index is 8.56. The monoisotopic (exact) mass is 431 g/mol. The molecular weight excluding hydrogens is 413 g/mol. The number of nitrogens with one attached hydrogen (secondary N) is 1. The topological polar surface area (TPSA) is 50.7 Å². The van der Waals surface area contributed by atoms with Crippen molar-refractivity contribution in [3.63, 3.8) is 0 Å². The molecular formula is C13H20Br2ClNO3. The van der Waals surface area contributed by atoms with Crippen LogP contribution in [0.4, 0.5) is 0 Å². The third-order valence-electron chi connectivity index (χ3n) is 2.33. The van der Waals surface area contributed by atoms with Crippen molar-refractivity contribution >= 4 is 44.3 Å². The van der Waals surface area contributed by atoms with E-state index in [0.717, 1.165) is 33.3 Å². The Bertz CT molecular complexity index is 371. The Morgan fingerprint density at radius 2 is 1.85 bits per heavy atom. The van der Waals surface area contributed by atoms with Crippen molar-refractivity contribution in [3.8, 4) is 5.75 Å². The van der Waals surface area contributed by atoms with Gasteiger partial charge in [-0.2, -0.15) is 0 Å². The summed E-state index contributed by atoms with van der Waals surface area (Å²) in [6, 6.07) is 4.08. The minimum absolute atomic E-state index is 0. The van der Waals surface area contributed by atoms with Crippen LogP contribution in [0.15, 0.2) is 21.1 Å². The first-order chi connectivity index (χ1) is 9.19. The number of benzene rings is 1. The molecule has 1 rings (SSSR count). The molecule has 0 aliphatic rings. The van der Waals surface area contributed by atoms with E-state index in [1.165, 1.54) is 0 Å². The Balaban J connectivity index is 0.00000361. The van der Waals surface area contributed by atoms with Crippen LogP contribution in [0.2, 0.25) is 0 Å². The molecule has 0 saturated heterocycles. The van der Waals surface area contributed by atoms with Crippen molar-refractivity contribution in [2.75, 3.05) is 33.0 Å². The number of ether oxygens (including phenoxy) is 2. The Kier molecular flexibility index (Phi) is 11.9. The summed E-state index contributed by atoms with van der Waals surface area (Å²) in [6.07, 6.45) is 0. The maximum atomic E-state index is 8.56. The zero-order valence-electron chi connectivity index (χ0n) is 11.3. The predicted octanol–water partition coefficient (Wildman–Crippen LogP) is 3.13. The van der Waals surface area contributed by atoms with E-state index in [-0.39, 0.29) is 19.0 Å². The molecule has 20 heavy (non-hydrogen) atoms. The van der Waals surface area contributed by atoms with E-state index < -0.39 is 0 Å². The summed E-state index contributed by atoms with van der Waals surface area (Å²) in [5, 5.41) is 11.8. The summed E-state index contributed by atoms with van der Waals surface area (Å²) in [4.78, 5) is 0. The van der Waals surface area contributed by atoms with Crippen LogP contribution in [0.25, 0.3) is 0 Å². The summed E-state index contributed by atoms with van der Waals surface area (Å²) in [7, 11) is 0. The van der Waals surface area contributed by atoms with Gasteiger partial charge in [-0.1, -0.05) is 0 Å². The highest BCUT2D eigenvalue weighted by Gasteiger charge is 2.08. The summed E-state index contributed by atoms with van der Waals surface area (Å²) in [6.45, 7) is 5.16. The molecule has 0 aromatic heterocycles. The number of hydrogen-bond acceptors (Lipinski definition) is 4. The molecule has 7 heteroatoms. The standard InChI is InChI=1S/C13H19Br2NO3.ClH/c1-2-19-13-11(14)7-10(8-12(13)15)9-16-3-5-18-6-4-17;/h7-8,16-17H,2-6,9H2,1H3;1H. The van der Waals surface area contributed by atoms with Crippen LogP contribution in [0.5, 0.6) is 5.75 Å². The first-order valence-electron chi connectivity index (χ1n) is 6.19. The van der Waals surface area contributed by atoms with Crippen molar-refractivity contribution in [3.05, 3.63) is 26.6 Å². The van der Waals surface area contributed by atoms with Crippen molar-refractivity contribution in [1.29, 1.82) is 0 Å². The second-order valence-corrected chi connectivity index (χ2v) is 5.54. The molecule has 0 amide bonds. The van der Waals surface area contributed by atoms with Gasteiger partial charge in [-0.05, 0) is 56.5 Å². The molecule has 1 aromatic carbocycles. The molecule has 4 nitrogen and oxygen atoms in total. The number of aliphatic hydroxyl groups is 1. The smallest absolute Gasteiger partial charge is 0.147 e. The van der Waals surface area contributed by atoms with E-state index in [0.29, 0.717) is 19.8 Å². The van der Waals surface area contributed by atoms with Gasteiger partial charge in [0.1, 0.15) is 5.75 Å². The summed E-state index contributed by atoms with van der Waals surface area (Å²) in [5.41, 5.74) is 1.16. The van der Waals surface area contributed by atoms with Gasteiger partial charge in [0.05, 0.1) is 35.4 Å². The Labute approximate surface area is 142 Å². The predicted molar refractivity (Wildman–Crippen MR) is 89.9 cm³/mol. The molecule has 1 aromatic rings. The second kappa shape index (κ2) is 11.8. The first-order valence-corrected chi connectivity index (χ1v) is 7.77. The van der Waals surface area contributed by atoms with E-state index in [1.807, 2.05) is 19.1 Å². The van der Waals surface area contributed by atoms with E-state index in [9.17, 15) is 0 Å². The molecule has 0 unspecified atom stereocenters. The third-order valence-corrected chi connectivity index (χ3v) is 3.51. The Morgan fingerprint density at radius 3 is 2.40 bits per heavy atom. The second-order valence-electron chi connectivity index (χ2n) is 3.83. The molecule has 0 heterocycles. The SMILES string of the molecule is CCOc1c(Br)cc(CNCCOCCO)cc1Br.Cl. The van der Waals surface area contributed by atoms with Gasteiger partial charge in [-0.15, -0.1) is 12.4 Å². The Morgan fingerprint density at radius 1 is 1.20 bits per heavy atom. The molecule has 116 valence electrons. The van der Waals surface area contributed by atoms with Gasteiger partial charge in [0.2, 0.25) is 0 Å². The fraction of sp³-hybridized carbons (Fsp3) is 0.538. The molecule has 0 radical (unpaired) electrons. The molecule has 0 atom stereocenters. The third kappa shape index (κ3) is 7.24. The zero-order valence-corrected chi connectivity index (χ0v) is 15.3. The number of halogens is 3. The van der Waals surface area contributed by atoms with E-state index in [4.69, 9.17) is 14.6 Å². The molecule has 0 spiro atoms. The average Bonchev–Trinajstić information content (AvgIpc) is 2.38. The van der Waals surface area contributed by atoms with Gasteiger partial charge >= 0.3 is 0 Å².